The summed E-state index contributed by atoms with van der Waals surface area (Å²) in [5, 5.41) is 4.93. The zero-order valence-corrected chi connectivity index (χ0v) is 12.0. The van der Waals surface area contributed by atoms with Gasteiger partial charge in [-0.15, -0.1) is 0 Å². The third-order valence-electron chi connectivity index (χ3n) is 3.21. The van der Waals surface area contributed by atoms with E-state index in [1.807, 2.05) is 6.92 Å². The normalized spacial score (nSPS) is 15.2. The standard InChI is InChI=1S/C13H17FN2O3S/c1-2-7-16(9-3-4-9)13(17)11-6-5-10(8-12(11)14)20(15,18)19/h5-6,8-9H,2-4,7H2,1H3,(H2,15,18,19). The van der Waals surface area contributed by atoms with Gasteiger partial charge in [0.15, 0.2) is 0 Å². The van der Waals surface area contributed by atoms with E-state index in [2.05, 4.69) is 0 Å². The van der Waals surface area contributed by atoms with E-state index >= 15 is 0 Å². The van der Waals surface area contributed by atoms with Gasteiger partial charge in [0.25, 0.3) is 5.91 Å². The van der Waals surface area contributed by atoms with Crippen LogP contribution in [0.4, 0.5) is 4.39 Å². The van der Waals surface area contributed by atoms with E-state index in [4.69, 9.17) is 5.14 Å². The van der Waals surface area contributed by atoms with Gasteiger partial charge in [0.05, 0.1) is 10.5 Å². The predicted octanol–water partition coefficient (Wildman–Crippen LogP) is 1.49. The average Bonchev–Trinajstić information content (AvgIpc) is 3.18. The van der Waals surface area contributed by atoms with Crippen LogP contribution in [0, 0.1) is 5.82 Å². The van der Waals surface area contributed by atoms with Crippen molar-refractivity contribution in [2.24, 2.45) is 5.14 Å². The van der Waals surface area contributed by atoms with E-state index in [1.165, 1.54) is 6.07 Å². The molecule has 1 aliphatic carbocycles. The predicted molar refractivity (Wildman–Crippen MR) is 72.1 cm³/mol. The van der Waals surface area contributed by atoms with Crippen LogP contribution < -0.4 is 5.14 Å². The maximum Gasteiger partial charge on any atom is 0.257 e. The molecule has 0 radical (unpaired) electrons. The molecule has 1 amide bonds. The van der Waals surface area contributed by atoms with Crippen LogP contribution in [-0.2, 0) is 10.0 Å². The number of halogens is 1. The van der Waals surface area contributed by atoms with Gasteiger partial charge in [-0.25, -0.2) is 17.9 Å². The third kappa shape index (κ3) is 3.16. The minimum absolute atomic E-state index is 0.113. The van der Waals surface area contributed by atoms with E-state index < -0.39 is 21.7 Å². The fraction of sp³-hybridized carbons (Fsp3) is 0.462. The Bertz CT molecular complexity index is 627. The van der Waals surface area contributed by atoms with E-state index in [-0.39, 0.29) is 16.5 Å². The van der Waals surface area contributed by atoms with Gasteiger partial charge in [0, 0.05) is 12.6 Å². The number of amides is 1. The number of nitrogens with two attached hydrogens (primary N) is 1. The van der Waals surface area contributed by atoms with E-state index in [1.54, 1.807) is 4.90 Å². The van der Waals surface area contributed by atoms with Gasteiger partial charge in [0.1, 0.15) is 5.82 Å². The quantitative estimate of drug-likeness (QED) is 0.894. The lowest BCUT2D eigenvalue weighted by molar-refractivity contribution is 0.0738. The van der Waals surface area contributed by atoms with Gasteiger partial charge < -0.3 is 4.90 Å². The molecule has 0 atom stereocenters. The zero-order chi connectivity index (χ0) is 14.9. The van der Waals surface area contributed by atoms with Crippen LogP contribution in [0.3, 0.4) is 0 Å². The number of nitrogens with zero attached hydrogens (tertiary/aromatic N) is 1. The van der Waals surface area contributed by atoms with Crippen molar-refractivity contribution < 1.29 is 17.6 Å². The molecule has 0 saturated heterocycles. The Morgan fingerprint density at radius 1 is 1.45 bits per heavy atom. The van der Waals surface area contributed by atoms with Gasteiger partial charge in [-0.2, -0.15) is 0 Å². The first kappa shape index (κ1) is 14.9. The van der Waals surface area contributed by atoms with Crippen LogP contribution in [0.15, 0.2) is 23.1 Å². The summed E-state index contributed by atoms with van der Waals surface area (Å²) in [5.41, 5.74) is -0.113. The average molecular weight is 300 g/mol. The first-order chi connectivity index (χ1) is 9.34. The third-order valence-corrected chi connectivity index (χ3v) is 4.12. The fourth-order valence-corrected chi connectivity index (χ4v) is 2.60. The molecular weight excluding hydrogens is 283 g/mol. The number of primary sulfonamides is 1. The molecule has 0 heterocycles. The Morgan fingerprint density at radius 2 is 2.10 bits per heavy atom. The second kappa shape index (κ2) is 5.49. The summed E-state index contributed by atoms with van der Waals surface area (Å²) < 4.78 is 36.2. The minimum Gasteiger partial charge on any atom is -0.336 e. The van der Waals surface area contributed by atoms with Gasteiger partial charge >= 0.3 is 0 Å². The maximum absolute atomic E-state index is 13.9. The second-order valence-corrected chi connectivity index (χ2v) is 6.48. The summed E-state index contributed by atoms with van der Waals surface area (Å²) in [6.45, 7) is 2.52. The Labute approximate surface area is 117 Å². The number of hydrogen-bond donors (Lipinski definition) is 1. The Hall–Kier alpha value is -1.47. The Kier molecular flexibility index (Phi) is 4.10. The molecule has 110 valence electrons. The van der Waals surface area contributed by atoms with Crippen molar-refractivity contribution in [3.8, 4) is 0 Å². The van der Waals surface area contributed by atoms with Gasteiger partial charge in [-0.3, -0.25) is 4.79 Å². The SMILES string of the molecule is CCCN(C(=O)c1ccc(S(N)(=O)=O)cc1F)C1CC1. The number of hydrogen-bond acceptors (Lipinski definition) is 3. The maximum atomic E-state index is 13.9. The van der Waals surface area contributed by atoms with E-state index in [0.717, 1.165) is 31.4 Å². The first-order valence-electron chi connectivity index (χ1n) is 6.48. The molecule has 1 aromatic carbocycles. The smallest absolute Gasteiger partial charge is 0.257 e. The van der Waals surface area contributed by atoms with Crippen LogP contribution in [0.2, 0.25) is 0 Å². The molecule has 5 nitrogen and oxygen atoms in total. The molecule has 0 aliphatic heterocycles. The van der Waals surface area contributed by atoms with E-state index in [0.29, 0.717) is 6.54 Å². The van der Waals surface area contributed by atoms with Gasteiger partial charge in [0.2, 0.25) is 10.0 Å². The molecule has 1 aromatic rings. The van der Waals surface area contributed by atoms with Crippen LogP contribution in [0.25, 0.3) is 0 Å². The summed E-state index contributed by atoms with van der Waals surface area (Å²) in [6.07, 6.45) is 2.66. The zero-order valence-electron chi connectivity index (χ0n) is 11.2. The number of carbonyl (C=O) groups is 1. The molecule has 1 aliphatic rings. The first-order valence-corrected chi connectivity index (χ1v) is 8.02. The lowest BCUT2D eigenvalue weighted by Gasteiger charge is -2.22. The van der Waals surface area contributed by atoms with Crippen molar-refractivity contribution in [1.82, 2.24) is 4.90 Å². The summed E-state index contributed by atoms with van der Waals surface area (Å²) in [7, 11) is -3.97. The highest BCUT2D eigenvalue weighted by molar-refractivity contribution is 7.89. The van der Waals surface area contributed by atoms with Crippen LogP contribution in [0.5, 0.6) is 0 Å². The molecule has 2 rings (SSSR count). The van der Waals surface area contributed by atoms with Crippen LogP contribution >= 0.6 is 0 Å². The van der Waals surface area contributed by atoms with Crippen molar-refractivity contribution in [2.75, 3.05) is 6.54 Å². The summed E-state index contributed by atoms with van der Waals surface area (Å²) in [5.74, 6) is -1.25. The lowest BCUT2D eigenvalue weighted by atomic mass is 10.1. The summed E-state index contributed by atoms with van der Waals surface area (Å²) in [6, 6.07) is 3.31. The molecule has 1 saturated carbocycles. The lowest BCUT2D eigenvalue weighted by Crippen LogP contribution is -2.34. The molecule has 0 bridgehead atoms. The molecule has 7 heteroatoms. The molecule has 0 spiro atoms. The van der Waals surface area contributed by atoms with Crippen molar-refractivity contribution in [1.29, 1.82) is 0 Å². The van der Waals surface area contributed by atoms with Crippen molar-refractivity contribution >= 4 is 15.9 Å². The highest BCUT2D eigenvalue weighted by Crippen LogP contribution is 2.29. The minimum atomic E-state index is -3.97. The highest BCUT2D eigenvalue weighted by Gasteiger charge is 2.33. The van der Waals surface area contributed by atoms with Crippen LogP contribution in [0.1, 0.15) is 36.5 Å². The molecule has 0 aromatic heterocycles. The summed E-state index contributed by atoms with van der Waals surface area (Å²) >= 11 is 0. The Morgan fingerprint density at radius 3 is 2.55 bits per heavy atom. The number of sulfonamides is 1. The largest absolute Gasteiger partial charge is 0.336 e. The number of benzene rings is 1. The monoisotopic (exact) mass is 300 g/mol. The highest BCUT2D eigenvalue weighted by atomic mass is 32.2. The molecular formula is C13H17FN2O3S. The summed E-state index contributed by atoms with van der Waals surface area (Å²) in [4.78, 5) is 13.6. The van der Waals surface area contributed by atoms with Gasteiger partial charge in [-0.1, -0.05) is 6.92 Å². The fourth-order valence-electron chi connectivity index (χ4n) is 2.08. The molecule has 0 unspecified atom stereocenters. The van der Waals surface area contributed by atoms with Crippen molar-refractivity contribution in [3.63, 3.8) is 0 Å². The molecule has 1 fully saturated rings. The van der Waals surface area contributed by atoms with Crippen LogP contribution in [-0.4, -0.2) is 31.8 Å². The van der Waals surface area contributed by atoms with E-state index in [9.17, 15) is 17.6 Å². The van der Waals surface area contributed by atoms with Crippen molar-refractivity contribution in [2.45, 2.75) is 37.1 Å². The van der Waals surface area contributed by atoms with Crippen molar-refractivity contribution in [3.05, 3.63) is 29.6 Å². The second-order valence-electron chi connectivity index (χ2n) is 4.92. The topological polar surface area (TPSA) is 80.5 Å². The van der Waals surface area contributed by atoms with Gasteiger partial charge in [-0.05, 0) is 37.5 Å². The Balaban J connectivity index is 2.30. The number of carbonyl (C=O) groups excluding carboxylic acids is 1. The number of rotatable bonds is 5. The molecule has 2 N–H and O–H groups in total. The molecule has 20 heavy (non-hydrogen) atoms.